The number of aromatic nitrogens is 2. The molecule has 0 unspecified atom stereocenters. The van der Waals surface area contributed by atoms with Gasteiger partial charge in [0.1, 0.15) is 12.4 Å². The maximum absolute atomic E-state index is 2.27. The average Bonchev–Trinajstić information content (AvgIpc) is 2.68. The minimum absolute atomic E-state index is 0. The van der Waals surface area contributed by atoms with Gasteiger partial charge < -0.3 is 17.9 Å². The first kappa shape index (κ1) is 19.8. The molecular weight excluding hydrogens is 248 g/mol. The van der Waals surface area contributed by atoms with Crippen LogP contribution in [0.25, 0.3) is 0 Å². The predicted molar refractivity (Wildman–Crippen MR) is 71.8 cm³/mol. The van der Waals surface area contributed by atoms with Crippen molar-refractivity contribution in [2.45, 2.75) is 64.8 Å². The number of rotatable bonds is 9. The van der Waals surface area contributed by atoms with E-state index in [1.165, 1.54) is 57.9 Å². The highest BCUT2D eigenvalue weighted by molar-refractivity contribution is 4.65. The lowest BCUT2D eigenvalue weighted by atomic mass is 10.1. The smallest absolute Gasteiger partial charge is 0.243 e. The molecule has 0 amide bonds. The van der Waals surface area contributed by atoms with Crippen LogP contribution in [0.2, 0.25) is 0 Å². The van der Waals surface area contributed by atoms with Crippen LogP contribution in [0.15, 0.2) is 18.7 Å². The van der Waals surface area contributed by atoms with Crippen molar-refractivity contribution < 1.29 is 22.5 Å². The summed E-state index contributed by atoms with van der Waals surface area (Å²) in [5.41, 5.74) is 0. The molecular formula is C14H29ClN2O. The number of imidazole rings is 1. The lowest BCUT2D eigenvalue weighted by molar-refractivity contribution is -0.671. The van der Waals surface area contributed by atoms with Gasteiger partial charge in [0.2, 0.25) is 6.33 Å². The minimum atomic E-state index is 0. The molecule has 108 valence electrons. The highest BCUT2D eigenvalue weighted by Gasteiger charge is 1.98. The van der Waals surface area contributed by atoms with E-state index in [-0.39, 0.29) is 17.9 Å². The van der Waals surface area contributed by atoms with Crippen LogP contribution in [0.5, 0.6) is 0 Å². The van der Waals surface area contributed by atoms with Crippen molar-refractivity contribution in [1.82, 2.24) is 4.57 Å². The summed E-state index contributed by atoms with van der Waals surface area (Å²) in [7, 11) is 2.07. The van der Waals surface area contributed by atoms with E-state index in [2.05, 4.69) is 41.8 Å². The molecule has 0 saturated heterocycles. The number of nitrogens with zero attached hydrogens (tertiary/aromatic N) is 2. The van der Waals surface area contributed by atoms with Crippen LogP contribution in [0.3, 0.4) is 0 Å². The Labute approximate surface area is 118 Å². The van der Waals surface area contributed by atoms with Gasteiger partial charge in [0, 0.05) is 0 Å². The van der Waals surface area contributed by atoms with Crippen LogP contribution in [-0.4, -0.2) is 10.0 Å². The fraction of sp³-hybridized carbons (Fsp3) is 0.786. The van der Waals surface area contributed by atoms with Gasteiger partial charge >= 0.3 is 0 Å². The SMILES string of the molecule is CCCCCCCCCCn1cc[n+](C)c1.O.[Cl-]. The zero-order chi connectivity index (χ0) is 11.6. The molecule has 2 N–H and O–H groups in total. The molecule has 0 saturated carbocycles. The highest BCUT2D eigenvalue weighted by atomic mass is 35.5. The van der Waals surface area contributed by atoms with Gasteiger partial charge in [0.25, 0.3) is 0 Å². The third kappa shape index (κ3) is 9.49. The van der Waals surface area contributed by atoms with Crippen molar-refractivity contribution in [3.8, 4) is 0 Å². The van der Waals surface area contributed by atoms with Crippen molar-refractivity contribution in [2.75, 3.05) is 0 Å². The summed E-state index contributed by atoms with van der Waals surface area (Å²) in [5, 5.41) is 0. The van der Waals surface area contributed by atoms with E-state index in [9.17, 15) is 0 Å². The van der Waals surface area contributed by atoms with Crippen molar-refractivity contribution in [1.29, 1.82) is 0 Å². The molecule has 1 aromatic rings. The monoisotopic (exact) mass is 276 g/mol. The molecule has 0 radical (unpaired) electrons. The molecule has 0 spiro atoms. The molecule has 0 aromatic carbocycles. The fourth-order valence-electron chi connectivity index (χ4n) is 2.06. The molecule has 0 aliphatic heterocycles. The van der Waals surface area contributed by atoms with Crippen LogP contribution < -0.4 is 17.0 Å². The van der Waals surface area contributed by atoms with Gasteiger partial charge in [-0.15, -0.1) is 0 Å². The first-order valence-electron chi connectivity index (χ1n) is 6.84. The van der Waals surface area contributed by atoms with E-state index in [0.717, 1.165) is 0 Å². The summed E-state index contributed by atoms with van der Waals surface area (Å²) in [4.78, 5) is 0. The second-order valence-electron chi connectivity index (χ2n) is 4.79. The zero-order valence-corrected chi connectivity index (χ0v) is 12.6. The minimum Gasteiger partial charge on any atom is -1.00 e. The molecule has 1 rings (SSSR count). The summed E-state index contributed by atoms with van der Waals surface area (Å²) < 4.78 is 4.38. The van der Waals surface area contributed by atoms with Crippen molar-refractivity contribution in [3.63, 3.8) is 0 Å². The normalized spacial score (nSPS) is 9.67. The topological polar surface area (TPSA) is 40.3 Å². The van der Waals surface area contributed by atoms with Gasteiger partial charge in [0.15, 0.2) is 0 Å². The molecule has 0 aliphatic carbocycles. The second kappa shape index (κ2) is 12.9. The number of hydrogen-bond acceptors (Lipinski definition) is 0. The van der Waals surface area contributed by atoms with E-state index < -0.39 is 0 Å². The number of unbranched alkanes of at least 4 members (excludes halogenated alkanes) is 7. The summed E-state index contributed by atoms with van der Waals surface area (Å²) >= 11 is 0. The van der Waals surface area contributed by atoms with Gasteiger partial charge in [0.05, 0.1) is 13.6 Å². The molecule has 18 heavy (non-hydrogen) atoms. The van der Waals surface area contributed by atoms with E-state index in [1.807, 2.05) is 0 Å². The van der Waals surface area contributed by atoms with Gasteiger partial charge in [-0.3, -0.25) is 0 Å². The molecule has 4 heteroatoms. The largest absolute Gasteiger partial charge is 1.00 e. The molecule has 1 aromatic heterocycles. The Kier molecular flexibility index (Phi) is 14.2. The lowest BCUT2D eigenvalue weighted by Gasteiger charge is -2.00. The van der Waals surface area contributed by atoms with Gasteiger partial charge in [-0.05, 0) is 12.8 Å². The van der Waals surface area contributed by atoms with E-state index in [1.54, 1.807) is 0 Å². The first-order chi connectivity index (χ1) is 7.83. The Bertz CT molecular complexity index is 277. The van der Waals surface area contributed by atoms with Crippen LogP contribution in [0.4, 0.5) is 0 Å². The Morgan fingerprint density at radius 1 is 0.944 bits per heavy atom. The first-order valence-corrected chi connectivity index (χ1v) is 6.84. The number of halogens is 1. The lowest BCUT2D eigenvalue weighted by Crippen LogP contribution is -3.00. The summed E-state index contributed by atoms with van der Waals surface area (Å²) in [5.74, 6) is 0. The summed E-state index contributed by atoms with van der Waals surface area (Å²) in [6.45, 7) is 3.45. The Hall–Kier alpha value is -0.540. The maximum atomic E-state index is 2.27. The van der Waals surface area contributed by atoms with E-state index in [0.29, 0.717) is 0 Å². The summed E-state index contributed by atoms with van der Waals surface area (Å²) in [6, 6.07) is 0. The predicted octanol–water partition coefficient (Wildman–Crippen LogP) is -0.367. The summed E-state index contributed by atoms with van der Waals surface area (Å²) in [6.07, 6.45) is 17.6. The highest BCUT2D eigenvalue weighted by Crippen LogP contribution is 2.08. The maximum Gasteiger partial charge on any atom is 0.243 e. The Morgan fingerprint density at radius 3 is 2.00 bits per heavy atom. The third-order valence-corrected chi connectivity index (χ3v) is 3.09. The third-order valence-electron chi connectivity index (χ3n) is 3.09. The Morgan fingerprint density at radius 2 is 1.50 bits per heavy atom. The number of hydrogen-bond donors (Lipinski definition) is 0. The Balaban J connectivity index is 0. The van der Waals surface area contributed by atoms with Crippen molar-refractivity contribution in [3.05, 3.63) is 18.7 Å². The zero-order valence-electron chi connectivity index (χ0n) is 11.9. The fourth-order valence-corrected chi connectivity index (χ4v) is 2.06. The van der Waals surface area contributed by atoms with E-state index in [4.69, 9.17) is 0 Å². The van der Waals surface area contributed by atoms with Gasteiger partial charge in [-0.1, -0.05) is 45.4 Å². The van der Waals surface area contributed by atoms with Crippen LogP contribution >= 0.6 is 0 Å². The van der Waals surface area contributed by atoms with Crippen LogP contribution in [0, 0.1) is 0 Å². The molecule has 1 heterocycles. The van der Waals surface area contributed by atoms with Crippen molar-refractivity contribution >= 4 is 0 Å². The van der Waals surface area contributed by atoms with Crippen LogP contribution in [-0.2, 0) is 13.6 Å². The van der Waals surface area contributed by atoms with Gasteiger partial charge in [-0.2, -0.15) is 0 Å². The standard InChI is InChI=1S/C14H27N2.ClH.H2O/c1-3-4-5-6-7-8-9-10-11-16-13-12-15(2)14-16;;/h12-14H,3-11H2,1-2H3;1H;1H2/q+1;;/p-1. The van der Waals surface area contributed by atoms with Crippen LogP contribution in [0.1, 0.15) is 58.3 Å². The van der Waals surface area contributed by atoms with Gasteiger partial charge in [-0.25, -0.2) is 9.13 Å². The average molecular weight is 277 g/mol. The van der Waals surface area contributed by atoms with Crippen molar-refractivity contribution in [2.24, 2.45) is 7.05 Å². The quantitative estimate of drug-likeness (QED) is 0.436. The van der Waals surface area contributed by atoms with E-state index >= 15 is 0 Å². The molecule has 3 nitrogen and oxygen atoms in total. The molecule has 0 fully saturated rings. The molecule has 0 aliphatic rings. The molecule has 0 atom stereocenters. The second-order valence-corrected chi connectivity index (χ2v) is 4.79. The molecule has 0 bridgehead atoms. The number of aryl methyl sites for hydroxylation is 2.